The van der Waals surface area contributed by atoms with Gasteiger partial charge in [0.05, 0.1) is 5.69 Å². The standard InChI is InChI=1S/C11H15N3O/c1-13-9-6-7-14(11(12)15)10-5-3-2-4-8(9)10/h2-5,9,13H,6-7H2,1H3,(H2,12,15). The minimum Gasteiger partial charge on any atom is -0.351 e. The van der Waals surface area contributed by atoms with Gasteiger partial charge in [-0.3, -0.25) is 4.90 Å². The molecular formula is C11H15N3O. The minimum atomic E-state index is -0.378. The van der Waals surface area contributed by atoms with Gasteiger partial charge in [-0.05, 0) is 25.1 Å². The molecule has 0 aromatic heterocycles. The highest BCUT2D eigenvalue weighted by Gasteiger charge is 2.25. The van der Waals surface area contributed by atoms with Gasteiger partial charge in [0.2, 0.25) is 0 Å². The first kappa shape index (κ1) is 9.98. The maximum Gasteiger partial charge on any atom is 0.319 e. The van der Waals surface area contributed by atoms with Crippen molar-refractivity contribution in [2.45, 2.75) is 12.5 Å². The lowest BCUT2D eigenvalue weighted by Gasteiger charge is -2.33. The molecule has 1 unspecified atom stereocenters. The lowest BCUT2D eigenvalue weighted by Crippen LogP contribution is -2.42. The smallest absolute Gasteiger partial charge is 0.319 e. The van der Waals surface area contributed by atoms with Crippen molar-refractivity contribution >= 4 is 11.7 Å². The first-order valence-electron chi connectivity index (χ1n) is 5.07. The summed E-state index contributed by atoms with van der Waals surface area (Å²) in [6, 6.07) is 7.81. The van der Waals surface area contributed by atoms with Crippen LogP contribution in [-0.4, -0.2) is 19.6 Å². The number of primary amides is 1. The van der Waals surface area contributed by atoms with Gasteiger partial charge < -0.3 is 11.1 Å². The summed E-state index contributed by atoms with van der Waals surface area (Å²) in [4.78, 5) is 12.9. The molecule has 0 fully saturated rings. The highest BCUT2D eigenvalue weighted by Crippen LogP contribution is 2.32. The molecule has 80 valence electrons. The average molecular weight is 205 g/mol. The molecule has 0 aliphatic carbocycles. The van der Waals surface area contributed by atoms with Crippen molar-refractivity contribution in [1.82, 2.24) is 5.32 Å². The maximum absolute atomic E-state index is 11.2. The molecule has 1 aliphatic heterocycles. The zero-order valence-corrected chi connectivity index (χ0v) is 8.73. The number of nitrogens with one attached hydrogen (secondary N) is 1. The number of hydrogen-bond donors (Lipinski definition) is 2. The number of benzene rings is 1. The quantitative estimate of drug-likeness (QED) is 0.724. The van der Waals surface area contributed by atoms with Gasteiger partial charge in [0, 0.05) is 12.6 Å². The molecule has 0 spiro atoms. The molecule has 0 radical (unpaired) electrons. The molecule has 1 aromatic rings. The Hall–Kier alpha value is -1.55. The molecule has 2 amide bonds. The van der Waals surface area contributed by atoms with E-state index in [0.717, 1.165) is 17.7 Å². The largest absolute Gasteiger partial charge is 0.351 e. The topological polar surface area (TPSA) is 58.4 Å². The molecule has 4 heteroatoms. The molecule has 2 rings (SSSR count). The fourth-order valence-corrected chi connectivity index (χ4v) is 2.09. The van der Waals surface area contributed by atoms with Gasteiger partial charge >= 0.3 is 6.03 Å². The van der Waals surface area contributed by atoms with E-state index in [1.165, 1.54) is 0 Å². The summed E-state index contributed by atoms with van der Waals surface area (Å²) in [5, 5.41) is 3.24. The molecule has 1 heterocycles. The molecule has 0 saturated heterocycles. The molecule has 1 aromatic carbocycles. The van der Waals surface area contributed by atoms with Crippen LogP contribution in [0.5, 0.6) is 0 Å². The molecule has 0 bridgehead atoms. The number of fused-ring (bicyclic) bond motifs is 1. The van der Waals surface area contributed by atoms with Crippen molar-refractivity contribution in [3.8, 4) is 0 Å². The van der Waals surface area contributed by atoms with Gasteiger partial charge in [-0.15, -0.1) is 0 Å². The van der Waals surface area contributed by atoms with Crippen LogP contribution in [0.2, 0.25) is 0 Å². The van der Waals surface area contributed by atoms with Crippen LogP contribution in [0.4, 0.5) is 10.5 Å². The van der Waals surface area contributed by atoms with Crippen LogP contribution in [0.1, 0.15) is 18.0 Å². The molecule has 1 atom stereocenters. The second kappa shape index (κ2) is 3.90. The van der Waals surface area contributed by atoms with Crippen molar-refractivity contribution in [3.63, 3.8) is 0 Å². The van der Waals surface area contributed by atoms with Crippen LogP contribution >= 0.6 is 0 Å². The first-order valence-corrected chi connectivity index (χ1v) is 5.07. The summed E-state index contributed by atoms with van der Waals surface area (Å²) in [6.45, 7) is 0.678. The van der Waals surface area contributed by atoms with Crippen LogP contribution < -0.4 is 16.0 Å². The Morgan fingerprint density at radius 3 is 2.93 bits per heavy atom. The average Bonchev–Trinajstić information content (AvgIpc) is 2.27. The lowest BCUT2D eigenvalue weighted by molar-refractivity contribution is 0.253. The normalized spacial score (nSPS) is 19.8. The Bertz CT molecular complexity index is 378. The van der Waals surface area contributed by atoms with Crippen molar-refractivity contribution in [3.05, 3.63) is 29.8 Å². The molecule has 15 heavy (non-hydrogen) atoms. The van der Waals surface area contributed by atoms with Crippen LogP contribution in [0.3, 0.4) is 0 Å². The Kier molecular flexibility index (Phi) is 2.60. The van der Waals surface area contributed by atoms with Gasteiger partial charge in [0.15, 0.2) is 0 Å². The number of hydrogen-bond acceptors (Lipinski definition) is 2. The predicted octanol–water partition coefficient (Wildman–Crippen LogP) is 1.24. The number of nitrogens with two attached hydrogens (primary N) is 1. The highest BCUT2D eigenvalue weighted by molar-refractivity contribution is 5.92. The zero-order chi connectivity index (χ0) is 10.8. The SMILES string of the molecule is CNC1CCN(C(N)=O)c2ccccc21. The van der Waals surface area contributed by atoms with E-state index in [1.807, 2.05) is 31.3 Å². The van der Waals surface area contributed by atoms with E-state index in [1.54, 1.807) is 4.90 Å². The third kappa shape index (κ3) is 1.68. The summed E-state index contributed by atoms with van der Waals surface area (Å²) in [5.74, 6) is 0. The van der Waals surface area contributed by atoms with Crippen LogP contribution in [0.25, 0.3) is 0 Å². The second-order valence-electron chi connectivity index (χ2n) is 3.68. The number of nitrogens with zero attached hydrogens (tertiary/aromatic N) is 1. The van der Waals surface area contributed by atoms with Gasteiger partial charge in [-0.25, -0.2) is 4.79 Å². The fourth-order valence-electron chi connectivity index (χ4n) is 2.09. The van der Waals surface area contributed by atoms with Crippen molar-refractivity contribution in [2.75, 3.05) is 18.5 Å². The number of carbonyl (C=O) groups excluding carboxylic acids is 1. The maximum atomic E-state index is 11.2. The molecule has 4 nitrogen and oxygen atoms in total. The fraction of sp³-hybridized carbons (Fsp3) is 0.364. The van der Waals surface area contributed by atoms with Crippen molar-refractivity contribution in [1.29, 1.82) is 0 Å². The van der Waals surface area contributed by atoms with E-state index in [2.05, 4.69) is 5.32 Å². The molecular weight excluding hydrogens is 190 g/mol. The summed E-state index contributed by atoms with van der Waals surface area (Å²) in [5.41, 5.74) is 7.41. The Labute approximate surface area is 89.1 Å². The first-order chi connectivity index (χ1) is 7.24. The summed E-state index contributed by atoms with van der Waals surface area (Å²) < 4.78 is 0. The summed E-state index contributed by atoms with van der Waals surface area (Å²) >= 11 is 0. The van der Waals surface area contributed by atoms with Gasteiger partial charge in [-0.1, -0.05) is 18.2 Å². The molecule has 0 saturated carbocycles. The number of amides is 2. The van der Waals surface area contributed by atoms with Crippen LogP contribution in [0.15, 0.2) is 24.3 Å². The summed E-state index contributed by atoms with van der Waals surface area (Å²) in [6.07, 6.45) is 0.899. The monoisotopic (exact) mass is 205 g/mol. The summed E-state index contributed by atoms with van der Waals surface area (Å²) in [7, 11) is 1.93. The Morgan fingerprint density at radius 2 is 2.27 bits per heavy atom. The number of carbonyl (C=O) groups is 1. The predicted molar refractivity (Wildman–Crippen MR) is 59.8 cm³/mol. The van der Waals surface area contributed by atoms with E-state index in [4.69, 9.17) is 5.73 Å². The van der Waals surface area contributed by atoms with E-state index in [0.29, 0.717) is 12.6 Å². The highest BCUT2D eigenvalue weighted by atomic mass is 16.2. The molecule has 1 aliphatic rings. The number of rotatable bonds is 1. The lowest BCUT2D eigenvalue weighted by atomic mass is 9.97. The van der Waals surface area contributed by atoms with Crippen LogP contribution in [-0.2, 0) is 0 Å². The van der Waals surface area contributed by atoms with Crippen LogP contribution in [0, 0.1) is 0 Å². The third-order valence-corrected chi connectivity index (χ3v) is 2.86. The van der Waals surface area contributed by atoms with E-state index in [9.17, 15) is 4.79 Å². The van der Waals surface area contributed by atoms with Gasteiger partial charge in [0.1, 0.15) is 0 Å². The number of urea groups is 1. The van der Waals surface area contributed by atoms with Gasteiger partial charge in [0.25, 0.3) is 0 Å². The minimum absolute atomic E-state index is 0.316. The number of anilines is 1. The van der Waals surface area contributed by atoms with Gasteiger partial charge in [-0.2, -0.15) is 0 Å². The Morgan fingerprint density at radius 1 is 1.53 bits per heavy atom. The molecule has 3 N–H and O–H groups in total. The van der Waals surface area contributed by atoms with E-state index < -0.39 is 0 Å². The third-order valence-electron chi connectivity index (χ3n) is 2.86. The van der Waals surface area contributed by atoms with Crippen molar-refractivity contribution < 1.29 is 4.79 Å². The van der Waals surface area contributed by atoms with E-state index >= 15 is 0 Å². The number of para-hydroxylation sites is 1. The zero-order valence-electron chi connectivity index (χ0n) is 8.73. The Balaban J connectivity index is 2.43. The van der Waals surface area contributed by atoms with Crippen molar-refractivity contribution in [2.24, 2.45) is 5.73 Å². The van der Waals surface area contributed by atoms with E-state index in [-0.39, 0.29) is 6.03 Å². The second-order valence-corrected chi connectivity index (χ2v) is 3.68.